The van der Waals surface area contributed by atoms with Gasteiger partial charge in [0.05, 0.1) is 18.8 Å². The van der Waals surface area contributed by atoms with Gasteiger partial charge in [0.2, 0.25) is 10.0 Å². The lowest BCUT2D eigenvalue weighted by molar-refractivity contribution is -0.143. The van der Waals surface area contributed by atoms with E-state index in [-0.39, 0.29) is 19.4 Å². The minimum Gasteiger partial charge on any atom is -0.466 e. The average molecular weight is 532 g/mol. The standard InChI is InChI=1S/C17H32F3NO6S4/c1-16(2,3)8-4-10-28-11-6-12-29-13-7-15(22)27-9-5-14-30(23,24)21-31(25,26)17(18,19)20/h21H,4-14H2,1-3H3. The first-order valence-corrected chi connectivity index (χ1v) is 15.1. The molecule has 0 atom stereocenters. The first-order valence-electron chi connectivity index (χ1n) is 9.69. The Morgan fingerprint density at radius 3 is 2.00 bits per heavy atom. The number of hydrogen-bond acceptors (Lipinski definition) is 8. The second kappa shape index (κ2) is 14.2. The molecule has 0 rings (SSSR count). The number of nitrogens with one attached hydrogen (secondary N) is 1. The van der Waals surface area contributed by atoms with E-state index in [1.165, 1.54) is 12.8 Å². The Balaban J connectivity index is 3.75. The summed E-state index contributed by atoms with van der Waals surface area (Å²) in [4.78, 5) is 11.6. The maximum absolute atomic E-state index is 12.2. The SMILES string of the molecule is CC(C)(C)CCCSCCCSCCC(=O)OCCCS(=O)(=O)NS(=O)(=O)C(F)(F)F. The van der Waals surface area contributed by atoms with E-state index in [0.29, 0.717) is 15.3 Å². The molecule has 186 valence electrons. The number of halogens is 3. The lowest BCUT2D eigenvalue weighted by Gasteiger charge is -2.17. The molecular formula is C17H32F3NO6S4. The second-order valence-electron chi connectivity index (χ2n) is 7.92. The summed E-state index contributed by atoms with van der Waals surface area (Å²) in [5, 5.41) is 0. The van der Waals surface area contributed by atoms with Crippen LogP contribution in [0.2, 0.25) is 0 Å². The number of esters is 1. The average Bonchev–Trinajstić information content (AvgIpc) is 2.57. The summed E-state index contributed by atoms with van der Waals surface area (Å²) in [5.74, 6) is 2.21. The van der Waals surface area contributed by atoms with Crippen molar-refractivity contribution in [2.75, 3.05) is 35.4 Å². The molecule has 0 aromatic rings. The number of carbonyl (C=O) groups is 1. The van der Waals surface area contributed by atoms with Crippen LogP contribution in [0.4, 0.5) is 13.2 Å². The van der Waals surface area contributed by atoms with Crippen molar-refractivity contribution in [1.82, 2.24) is 4.13 Å². The van der Waals surface area contributed by atoms with Crippen molar-refractivity contribution in [2.45, 2.75) is 58.4 Å². The van der Waals surface area contributed by atoms with Gasteiger partial charge in [0.1, 0.15) is 0 Å². The van der Waals surface area contributed by atoms with Crippen LogP contribution in [0.25, 0.3) is 0 Å². The molecule has 0 spiro atoms. The van der Waals surface area contributed by atoms with Crippen LogP contribution in [-0.4, -0.2) is 63.7 Å². The number of alkyl halides is 3. The summed E-state index contributed by atoms with van der Waals surface area (Å²) < 4.78 is 86.4. The zero-order chi connectivity index (χ0) is 24.2. The van der Waals surface area contributed by atoms with Crippen LogP contribution in [0.3, 0.4) is 0 Å². The van der Waals surface area contributed by atoms with Crippen LogP contribution in [-0.2, 0) is 29.6 Å². The summed E-state index contributed by atoms with van der Waals surface area (Å²) in [6, 6.07) is 0. The fourth-order valence-electron chi connectivity index (χ4n) is 2.09. The molecule has 14 heteroatoms. The molecule has 0 saturated heterocycles. The Bertz CT molecular complexity index is 734. The third kappa shape index (κ3) is 17.0. The van der Waals surface area contributed by atoms with Crippen LogP contribution < -0.4 is 4.13 Å². The first-order chi connectivity index (χ1) is 14.1. The van der Waals surface area contributed by atoms with Crippen molar-refractivity contribution in [3.05, 3.63) is 0 Å². The monoisotopic (exact) mass is 531 g/mol. The third-order valence-electron chi connectivity index (χ3n) is 3.61. The Hall–Kier alpha value is -0.180. The predicted octanol–water partition coefficient (Wildman–Crippen LogP) is 3.76. The van der Waals surface area contributed by atoms with Crippen molar-refractivity contribution in [2.24, 2.45) is 5.41 Å². The van der Waals surface area contributed by atoms with Crippen LogP contribution in [0.1, 0.15) is 52.9 Å². The molecule has 0 aliphatic rings. The van der Waals surface area contributed by atoms with E-state index in [4.69, 9.17) is 4.74 Å². The number of sulfonamides is 2. The maximum atomic E-state index is 12.2. The first kappa shape index (κ1) is 30.8. The largest absolute Gasteiger partial charge is 0.512 e. The fourth-order valence-corrected chi connectivity index (χ4v) is 6.58. The molecule has 0 bridgehead atoms. The van der Waals surface area contributed by atoms with E-state index in [1.54, 1.807) is 11.8 Å². The minimum absolute atomic E-state index is 0.136. The van der Waals surface area contributed by atoms with Crippen molar-refractivity contribution in [1.29, 1.82) is 0 Å². The number of ether oxygens (including phenoxy) is 1. The Labute approximate surface area is 192 Å². The third-order valence-corrected chi connectivity index (χ3v) is 9.16. The summed E-state index contributed by atoms with van der Waals surface area (Å²) in [7, 11) is -10.7. The molecule has 1 N–H and O–H groups in total. The molecule has 0 aliphatic heterocycles. The number of thioether (sulfide) groups is 2. The topological polar surface area (TPSA) is 107 Å². The highest BCUT2D eigenvalue weighted by Crippen LogP contribution is 2.23. The van der Waals surface area contributed by atoms with Gasteiger partial charge < -0.3 is 4.74 Å². The quantitative estimate of drug-likeness (QED) is 0.237. The van der Waals surface area contributed by atoms with Gasteiger partial charge in [-0.15, -0.1) is 4.13 Å². The van der Waals surface area contributed by atoms with Gasteiger partial charge in [-0.3, -0.25) is 4.79 Å². The summed E-state index contributed by atoms with van der Waals surface area (Å²) in [6.07, 6.45) is 3.24. The van der Waals surface area contributed by atoms with Gasteiger partial charge in [0, 0.05) is 5.75 Å². The van der Waals surface area contributed by atoms with Crippen LogP contribution >= 0.6 is 23.5 Å². The molecule has 0 heterocycles. The highest BCUT2D eigenvalue weighted by atomic mass is 32.3. The molecule has 0 radical (unpaired) electrons. The smallest absolute Gasteiger partial charge is 0.466 e. The van der Waals surface area contributed by atoms with Crippen molar-refractivity contribution in [3.8, 4) is 0 Å². The lowest BCUT2D eigenvalue weighted by Crippen LogP contribution is -2.41. The van der Waals surface area contributed by atoms with Crippen LogP contribution in [0, 0.1) is 5.41 Å². The van der Waals surface area contributed by atoms with Gasteiger partial charge in [0.15, 0.2) is 0 Å². The van der Waals surface area contributed by atoms with Crippen molar-refractivity contribution >= 4 is 49.5 Å². The summed E-state index contributed by atoms with van der Waals surface area (Å²) in [6.45, 7) is 6.35. The van der Waals surface area contributed by atoms with Gasteiger partial charge >= 0.3 is 21.5 Å². The number of rotatable bonds is 16. The lowest BCUT2D eigenvalue weighted by atomic mass is 9.91. The summed E-state index contributed by atoms with van der Waals surface area (Å²) >= 11 is 3.53. The van der Waals surface area contributed by atoms with Crippen LogP contribution in [0.5, 0.6) is 0 Å². The molecule has 7 nitrogen and oxygen atoms in total. The zero-order valence-corrected chi connectivity index (χ0v) is 21.3. The van der Waals surface area contributed by atoms with Crippen molar-refractivity contribution in [3.63, 3.8) is 0 Å². The molecule has 0 aromatic carbocycles. The van der Waals surface area contributed by atoms with Gasteiger partial charge in [0.25, 0.3) is 0 Å². The Morgan fingerprint density at radius 2 is 1.45 bits per heavy atom. The summed E-state index contributed by atoms with van der Waals surface area (Å²) in [5.41, 5.74) is -5.36. The molecule has 0 saturated carbocycles. The zero-order valence-electron chi connectivity index (χ0n) is 18.0. The molecular weight excluding hydrogens is 499 g/mol. The Kier molecular flexibility index (Phi) is 14.1. The number of carbonyl (C=O) groups excluding carboxylic acids is 1. The van der Waals surface area contributed by atoms with E-state index in [9.17, 15) is 34.8 Å². The molecule has 0 aromatic heterocycles. The van der Waals surface area contributed by atoms with E-state index >= 15 is 0 Å². The van der Waals surface area contributed by atoms with E-state index in [0.717, 1.165) is 23.7 Å². The van der Waals surface area contributed by atoms with E-state index < -0.39 is 37.3 Å². The van der Waals surface area contributed by atoms with Crippen LogP contribution in [0.15, 0.2) is 0 Å². The fraction of sp³-hybridized carbons (Fsp3) is 0.941. The Morgan fingerprint density at radius 1 is 0.903 bits per heavy atom. The number of hydrogen-bond donors (Lipinski definition) is 1. The van der Waals surface area contributed by atoms with E-state index in [1.807, 2.05) is 11.8 Å². The second-order valence-corrected chi connectivity index (χ2v) is 14.1. The maximum Gasteiger partial charge on any atom is 0.512 e. The highest BCUT2D eigenvalue weighted by Gasteiger charge is 2.48. The van der Waals surface area contributed by atoms with E-state index in [2.05, 4.69) is 20.8 Å². The molecule has 0 aliphatic carbocycles. The minimum atomic E-state index is -5.99. The van der Waals surface area contributed by atoms with Crippen molar-refractivity contribution < 1.29 is 39.5 Å². The van der Waals surface area contributed by atoms with Gasteiger partial charge in [-0.1, -0.05) is 20.8 Å². The normalized spacial score (nSPS) is 13.4. The predicted molar refractivity (Wildman–Crippen MR) is 120 cm³/mol. The molecule has 0 fully saturated rings. The molecule has 0 amide bonds. The molecule has 0 unspecified atom stereocenters. The molecule has 31 heavy (non-hydrogen) atoms. The van der Waals surface area contributed by atoms with Gasteiger partial charge in [-0.2, -0.15) is 36.7 Å². The van der Waals surface area contributed by atoms with Gasteiger partial charge in [-0.25, -0.2) is 16.8 Å². The van der Waals surface area contributed by atoms with Gasteiger partial charge in [-0.05, 0) is 48.4 Å². The highest BCUT2D eigenvalue weighted by molar-refractivity contribution is 8.05.